The van der Waals surface area contributed by atoms with E-state index in [-0.39, 0.29) is 28.0 Å². The third-order valence-electron chi connectivity index (χ3n) is 4.87. The minimum atomic E-state index is -4.85. The number of phenolic OH excluding ortho intramolecular Hbond substituents is 2. The molecule has 2 N–H and O–H groups in total. The molecule has 3 aromatic rings. The molecule has 0 saturated heterocycles. The van der Waals surface area contributed by atoms with Gasteiger partial charge in [0.15, 0.2) is 11.6 Å². The summed E-state index contributed by atoms with van der Waals surface area (Å²) < 4.78 is 74.6. The van der Waals surface area contributed by atoms with E-state index in [1.807, 2.05) is 6.07 Å². The quantitative estimate of drug-likeness (QED) is 0.535. The third kappa shape index (κ3) is 2.88. The first-order chi connectivity index (χ1) is 14.1. The fourth-order valence-corrected chi connectivity index (χ4v) is 3.62. The maximum absolute atomic E-state index is 14.6. The molecule has 0 radical (unpaired) electrons. The molecule has 2 aromatic carbocycles. The Balaban J connectivity index is 2.06. The third-order valence-corrected chi connectivity index (χ3v) is 4.87. The molecule has 1 atom stereocenters. The van der Waals surface area contributed by atoms with E-state index in [9.17, 15) is 37.4 Å². The van der Waals surface area contributed by atoms with Gasteiger partial charge in [-0.2, -0.15) is 22.8 Å². The highest BCUT2D eigenvalue weighted by molar-refractivity contribution is 5.95. The number of benzene rings is 2. The van der Waals surface area contributed by atoms with Crippen molar-refractivity contribution in [1.82, 2.24) is 0 Å². The average Bonchev–Trinajstić information content (AvgIpc) is 3.28. The second-order valence-corrected chi connectivity index (χ2v) is 6.60. The van der Waals surface area contributed by atoms with Crippen LogP contribution >= 0.6 is 0 Å². The predicted octanol–water partition coefficient (Wildman–Crippen LogP) is 5.55. The highest BCUT2D eigenvalue weighted by Gasteiger charge is 2.41. The average molecular weight is 419 g/mol. The second kappa shape index (κ2) is 6.62. The van der Waals surface area contributed by atoms with Crippen LogP contribution in [0.4, 0.5) is 22.0 Å². The number of alkyl halides is 3. The standard InChI is InChI=1S/C21H10F5NO3/c22-18-11(1-2-16(29)19(18)23)14-7-12-13(5-10(28)6-15(12)21(24,25)26)17(14)20-9(8-27)3-4-30-20/h1-7,17,28-29H. The number of phenols is 2. The maximum Gasteiger partial charge on any atom is 0.417 e. The van der Waals surface area contributed by atoms with Gasteiger partial charge in [0.25, 0.3) is 0 Å². The van der Waals surface area contributed by atoms with Gasteiger partial charge in [0.2, 0.25) is 5.82 Å². The Morgan fingerprint density at radius 1 is 1.03 bits per heavy atom. The lowest BCUT2D eigenvalue weighted by Crippen LogP contribution is -2.09. The fourth-order valence-electron chi connectivity index (χ4n) is 3.62. The predicted molar refractivity (Wildman–Crippen MR) is 94.3 cm³/mol. The second-order valence-electron chi connectivity index (χ2n) is 6.60. The molecule has 9 heteroatoms. The van der Waals surface area contributed by atoms with Crippen LogP contribution in [-0.2, 0) is 6.18 Å². The van der Waals surface area contributed by atoms with E-state index < -0.39 is 46.4 Å². The number of furan rings is 1. The first-order valence-corrected chi connectivity index (χ1v) is 8.44. The smallest absolute Gasteiger partial charge is 0.417 e. The molecule has 1 aromatic heterocycles. The lowest BCUT2D eigenvalue weighted by atomic mass is 9.86. The highest BCUT2D eigenvalue weighted by atomic mass is 19.4. The Bertz CT molecular complexity index is 1250. The number of fused-ring (bicyclic) bond motifs is 1. The van der Waals surface area contributed by atoms with Crippen molar-refractivity contribution in [2.45, 2.75) is 12.1 Å². The summed E-state index contributed by atoms with van der Waals surface area (Å²) in [5, 5.41) is 28.6. The van der Waals surface area contributed by atoms with Crippen molar-refractivity contribution in [1.29, 1.82) is 5.26 Å². The SMILES string of the molecule is N#Cc1ccoc1C1C(c2ccc(O)c(F)c2F)=Cc2c1cc(O)cc2C(F)(F)F. The number of rotatable bonds is 2. The van der Waals surface area contributed by atoms with Gasteiger partial charge in [-0.25, -0.2) is 4.39 Å². The number of nitriles is 1. The zero-order valence-corrected chi connectivity index (χ0v) is 14.8. The van der Waals surface area contributed by atoms with Crippen LogP contribution in [0.15, 0.2) is 41.0 Å². The van der Waals surface area contributed by atoms with E-state index in [0.29, 0.717) is 6.07 Å². The normalized spacial score (nSPS) is 15.6. The molecule has 4 nitrogen and oxygen atoms in total. The van der Waals surface area contributed by atoms with E-state index in [4.69, 9.17) is 4.42 Å². The van der Waals surface area contributed by atoms with Crippen molar-refractivity contribution >= 4 is 11.6 Å². The first kappa shape index (κ1) is 19.5. The van der Waals surface area contributed by atoms with E-state index in [0.717, 1.165) is 30.5 Å². The van der Waals surface area contributed by atoms with Crippen molar-refractivity contribution in [2.75, 3.05) is 0 Å². The summed E-state index contributed by atoms with van der Waals surface area (Å²) >= 11 is 0. The van der Waals surface area contributed by atoms with Crippen LogP contribution in [0.2, 0.25) is 0 Å². The Hall–Kier alpha value is -3.80. The first-order valence-electron chi connectivity index (χ1n) is 8.44. The molecule has 0 bridgehead atoms. The van der Waals surface area contributed by atoms with Crippen molar-refractivity contribution in [3.63, 3.8) is 0 Å². The minimum Gasteiger partial charge on any atom is -0.508 e. The Morgan fingerprint density at radius 3 is 2.43 bits per heavy atom. The molecule has 0 fully saturated rings. The van der Waals surface area contributed by atoms with Gasteiger partial charge in [0.1, 0.15) is 17.6 Å². The molecule has 0 amide bonds. The summed E-state index contributed by atoms with van der Waals surface area (Å²) in [6.07, 6.45) is -2.69. The van der Waals surface area contributed by atoms with Gasteiger partial charge in [-0.1, -0.05) is 0 Å². The molecule has 1 aliphatic carbocycles. The Morgan fingerprint density at radius 2 is 1.77 bits per heavy atom. The molecule has 1 unspecified atom stereocenters. The zero-order valence-electron chi connectivity index (χ0n) is 14.8. The van der Waals surface area contributed by atoms with E-state index in [2.05, 4.69) is 0 Å². The van der Waals surface area contributed by atoms with Crippen LogP contribution in [-0.4, -0.2) is 10.2 Å². The van der Waals surface area contributed by atoms with Crippen molar-refractivity contribution in [2.24, 2.45) is 0 Å². The molecular formula is C21H10F5NO3. The monoisotopic (exact) mass is 419 g/mol. The number of hydrogen-bond donors (Lipinski definition) is 2. The molecule has 1 heterocycles. The summed E-state index contributed by atoms with van der Waals surface area (Å²) in [6.45, 7) is 0. The van der Waals surface area contributed by atoms with Gasteiger partial charge in [-0.3, -0.25) is 0 Å². The van der Waals surface area contributed by atoms with Crippen LogP contribution in [0.25, 0.3) is 11.6 Å². The molecule has 0 aliphatic heterocycles. The summed E-state index contributed by atoms with van der Waals surface area (Å²) in [6, 6.07) is 6.58. The largest absolute Gasteiger partial charge is 0.508 e. The van der Waals surface area contributed by atoms with Gasteiger partial charge >= 0.3 is 6.18 Å². The molecule has 0 saturated carbocycles. The lowest BCUT2D eigenvalue weighted by molar-refractivity contribution is -0.137. The highest BCUT2D eigenvalue weighted by Crippen LogP contribution is 2.52. The molecule has 4 rings (SSSR count). The summed E-state index contributed by atoms with van der Waals surface area (Å²) in [7, 11) is 0. The molecule has 0 spiro atoms. The number of hydrogen-bond acceptors (Lipinski definition) is 4. The fraction of sp³-hybridized carbons (Fsp3) is 0.0952. The molecule has 152 valence electrons. The lowest BCUT2D eigenvalue weighted by Gasteiger charge is -2.18. The topological polar surface area (TPSA) is 77.4 Å². The maximum atomic E-state index is 14.6. The molecule has 1 aliphatic rings. The summed E-state index contributed by atoms with van der Waals surface area (Å²) in [5.41, 5.74) is -2.19. The number of aromatic hydroxyl groups is 2. The number of nitrogens with zero attached hydrogens (tertiary/aromatic N) is 1. The Labute approximate surface area is 165 Å². The van der Waals surface area contributed by atoms with Crippen molar-refractivity contribution in [3.05, 3.63) is 81.8 Å². The van der Waals surface area contributed by atoms with Crippen LogP contribution in [0.5, 0.6) is 11.5 Å². The van der Waals surface area contributed by atoms with Crippen molar-refractivity contribution < 1.29 is 36.6 Å². The van der Waals surface area contributed by atoms with Gasteiger partial charge < -0.3 is 14.6 Å². The summed E-state index contributed by atoms with van der Waals surface area (Å²) in [5.74, 6) is -6.01. The van der Waals surface area contributed by atoms with E-state index in [1.54, 1.807) is 0 Å². The Kier molecular flexibility index (Phi) is 4.31. The van der Waals surface area contributed by atoms with Gasteiger partial charge in [0.05, 0.1) is 23.3 Å². The van der Waals surface area contributed by atoms with Gasteiger partial charge in [-0.15, -0.1) is 0 Å². The van der Waals surface area contributed by atoms with Crippen molar-refractivity contribution in [3.8, 4) is 17.6 Å². The number of allylic oxidation sites excluding steroid dienone is 1. The van der Waals surface area contributed by atoms with Crippen LogP contribution in [0, 0.1) is 23.0 Å². The van der Waals surface area contributed by atoms with Gasteiger partial charge in [0, 0.05) is 5.56 Å². The van der Waals surface area contributed by atoms with Crippen LogP contribution in [0.3, 0.4) is 0 Å². The van der Waals surface area contributed by atoms with Crippen LogP contribution in [0.1, 0.15) is 39.5 Å². The van der Waals surface area contributed by atoms with E-state index in [1.165, 1.54) is 6.07 Å². The van der Waals surface area contributed by atoms with Gasteiger partial charge in [-0.05, 0) is 53.1 Å². The van der Waals surface area contributed by atoms with Crippen LogP contribution < -0.4 is 0 Å². The number of halogens is 5. The summed E-state index contributed by atoms with van der Waals surface area (Å²) in [4.78, 5) is 0. The molecule has 30 heavy (non-hydrogen) atoms. The van der Waals surface area contributed by atoms with E-state index >= 15 is 0 Å². The minimum absolute atomic E-state index is 0.0182. The zero-order chi connectivity index (χ0) is 21.8. The molecular weight excluding hydrogens is 409 g/mol.